The summed E-state index contributed by atoms with van der Waals surface area (Å²) >= 11 is 6.19. The molecule has 7 nitrogen and oxygen atoms in total. The second-order valence-electron chi connectivity index (χ2n) is 8.26. The molecule has 2 aromatic heterocycles. The zero-order chi connectivity index (χ0) is 22.5. The summed E-state index contributed by atoms with van der Waals surface area (Å²) in [6, 6.07) is 3.63. The number of hydrogen-bond donors (Lipinski definition) is 1. The van der Waals surface area contributed by atoms with Crippen molar-refractivity contribution in [3.8, 4) is 0 Å². The second-order valence-corrected chi connectivity index (χ2v) is 8.64. The highest BCUT2D eigenvalue weighted by molar-refractivity contribution is 6.33. The van der Waals surface area contributed by atoms with Gasteiger partial charge < -0.3 is 4.90 Å². The molecule has 0 saturated carbocycles. The summed E-state index contributed by atoms with van der Waals surface area (Å²) in [5.41, 5.74) is 0.975. The second kappa shape index (κ2) is 7.71. The highest BCUT2D eigenvalue weighted by Crippen LogP contribution is 2.37. The predicted octanol–water partition coefficient (Wildman–Crippen LogP) is 4.09. The number of hydrogen-bond acceptors (Lipinski definition) is 5. The van der Waals surface area contributed by atoms with Crippen LogP contribution in [-0.2, 0) is 12.1 Å². The fourth-order valence-electron chi connectivity index (χ4n) is 4.21. The van der Waals surface area contributed by atoms with E-state index < -0.39 is 17.0 Å². The number of nitrogens with zero attached hydrogens (tertiary/aromatic N) is 5. The van der Waals surface area contributed by atoms with Crippen molar-refractivity contribution < 1.29 is 8.78 Å². The van der Waals surface area contributed by atoms with E-state index in [9.17, 15) is 13.6 Å². The molecule has 0 spiro atoms. The van der Waals surface area contributed by atoms with E-state index in [0.29, 0.717) is 24.2 Å². The third-order valence-electron chi connectivity index (χ3n) is 5.83. The van der Waals surface area contributed by atoms with Crippen molar-refractivity contribution in [1.82, 2.24) is 25.2 Å². The van der Waals surface area contributed by atoms with Crippen LogP contribution in [0.3, 0.4) is 0 Å². The van der Waals surface area contributed by atoms with Crippen LogP contribution in [0.4, 0.5) is 14.5 Å². The number of anilines is 1. The van der Waals surface area contributed by atoms with Gasteiger partial charge in [-0.25, -0.2) is 18.6 Å². The lowest BCUT2D eigenvalue weighted by Crippen LogP contribution is -2.36. The lowest BCUT2D eigenvalue weighted by molar-refractivity contribution is 0.217. The summed E-state index contributed by atoms with van der Waals surface area (Å²) in [4.78, 5) is 13.8. The van der Waals surface area contributed by atoms with Gasteiger partial charge in [0.25, 0.3) is 5.56 Å². The Bertz CT molecular complexity index is 1190. The molecule has 1 N–H and O–H groups in total. The van der Waals surface area contributed by atoms with Crippen LogP contribution >= 0.6 is 11.6 Å². The number of H-pyrrole nitrogens is 1. The highest BCUT2D eigenvalue weighted by Gasteiger charge is 2.33. The zero-order valence-corrected chi connectivity index (χ0v) is 18.4. The summed E-state index contributed by atoms with van der Waals surface area (Å²) in [6.45, 7) is 7.24. The van der Waals surface area contributed by atoms with E-state index >= 15 is 0 Å². The van der Waals surface area contributed by atoms with E-state index in [4.69, 9.17) is 11.6 Å². The third kappa shape index (κ3) is 3.71. The topological polar surface area (TPSA) is 79.7 Å². The molecule has 0 aliphatic carbocycles. The van der Waals surface area contributed by atoms with Gasteiger partial charge in [0.15, 0.2) is 0 Å². The summed E-state index contributed by atoms with van der Waals surface area (Å²) < 4.78 is 30.4. The van der Waals surface area contributed by atoms with Crippen molar-refractivity contribution in [2.24, 2.45) is 0 Å². The van der Waals surface area contributed by atoms with Crippen LogP contribution in [-0.4, -0.2) is 31.7 Å². The summed E-state index contributed by atoms with van der Waals surface area (Å²) in [6.07, 6.45) is 2.11. The van der Waals surface area contributed by atoms with Gasteiger partial charge in [-0.2, -0.15) is 5.10 Å². The number of benzene rings is 1. The standard InChI is InChI=1S/C21H23ClF2N6O/c1-11(14-6-5-13(23)9-15(14)21(3,4)24)30-16-7-8-29(12(2)19(16)26-28-30)17-10-25-27-20(31)18(17)22/h5-6,9-12H,7-8H2,1-4H3,(H,27,31)/t11-,12-/m0/s1. The van der Waals surface area contributed by atoms with Crippen LogP contribution in [0.2, 0.25) is 5.02 Å². The van der Waals surface area contributed by atoms with E-state index in [1.165, 1.54) is 32.2 Å². The molecule has 0 radical (unpaired) electrons. The maximum absolute atomic E-state index is 14.8. The Hall–Kier alpha value is -2.81. The molecule has 3 heterocycles. The lowest BCUT2D eigenvalue weighted by Gasteiger charge is -2.35. The first kappa shape index (κ1) is 21.4. The van der Waals surface area contributed by atoms with E-state index in [2.05, 4.69) is 20.5 Å². The van der Waals surface area contributed by atoms with Crippen molar-refractivity contribution in [2.45, 2.75) is 51.9 Å². The molecule has 0 amide bonds. The van der Waals surface area contributed by atoms with Gasteiger partial charge in [0.2, 0.25) is 0 Å². The van der Waals surface area contributed by atoms with Crippen LogP contribution in [0.1, 0.15) is 62.3 Å². The number of aromatic nitrogens is 5. The molecule has 3 aromatic rings. The molecular weight excluding hydrogens is 426 g/mol. The molecule has 0 fully saturated rings. The molecule has 0 bridgehead atoms. The zero-order valence-electron chi connectivity index (χ0n) is 17.7. The van der Waals surface area contributed by atoms with Gasteiger partial charge in [-0.1, -0.05) is 22.9 Å². The van der Waals surface area contributed by atoms with Gasteiger partial charge in [-0.05, 0) is 51.0 Å². The first-order valence-corrected chi connectivity index (χ1v) is 10.4. The Morgan fingerprint density at radius 3 is 2.81 bits per heavy atom. The quantitative estimate of drug-likeness (QED) is 0.650. The number of fused-ring (bicyclic) bond motifs is 1. The van der Waals surface area contributed by atoms with Crippen molar-refractivity contribution in [1.29, 1.82) is 0 Å². The molecule has 10 heteroatoms. The molecule has 164 valence electrons. The number of rotatable bonds is 4. The molecular formula is C21H23ClF2N6O. The first-order valence-electron chi connectivity index (χ1n) is 10.0. The van der Waals surface area contributed by atoms with Gasteiger partial charge in [0, 0.05) is 13.0 Å². The van der Waals surface area contributed by atoms with Gasteiger partial charge in [0.05, 0.1) is 29.7 Å². The molecule has 1 aromatic carbocycles. The van der Waals surface area contributed by atoms with Crippen LogP contribution < -0.4 is 10.5 Å². The molecule has 2 atom stereocenters. The van der Waals surface area contributed by atoms with Gasteiger partial charge in [0.1, 0.15) is 22.2 Å². The largest absolute Gasteiger partial charge is 0.360 e. The van der Waals surface area contributed by atoms with Gasteiger partial charge in [-0.15, -0.1) is 5.10 Å². The van der Waals surface area contributed by atoms with E-state index in [0.717, 1.165) is 11.4 Å². The molecule has 1 aliphatic rings. The Morgan fingerprint density at radius 1 is 1.35 bits per heavy atom. The SMILES string of the molecule is C[C@H]1c2nnn([C@@H](C)c3ccc(F)cc3C(C)(C)F)c2CCN1c1cn[nH]c(=O)c1Cl. The molecule has 31 heavy (non-hydrogen) atoms. The van der Waals surface area contributed by atoms with Crippen molar-refractivity contribution >= 4 is 17.3 Å². The van der Waals surface area contributed by atoms with Crippen LogP contribution in [0.15, 0.2) is 29.2 Å². The molecule has 1 aliphatic heterocycles. The van der Waals surface area contributed by atoms with Crippen LogP contribution in [0.5, 0.6) is 0 Å². The Labute approximate surface area is 183 Å². The van der Waals surface area contributed by atoms with E-state index in [1.54, 1.807) is 10.7 Å². The Morgan fingerprint density at radius 2 is 2.10 bits per heavy atom. The Balaban J connectivity index is 1.72. The van der Waals surface area contributed by atoms with Gasteiger partial charge >= 0.3 is 0 Å². The predicted molar refractivity (Wildman–Crippen MR) is 114 cm³/mol. The smallest absolute Gasteiger partial charge is 0.285 e. The fraction of sp³-hybridized carbons (Fsp3) is 0.429. The third-order valence-corrected chi connectivity index (χ3v) is 6.20. The monoisotopic (exact) mass is 448 g/mol. The summed E-state index contributed by atoms with van der Waals surface area (Å²) in [7, 11) is 0. The normalized spacial score (nSPS) is 17.5. The van der Waals surface area contributed by atoms with Crippen LogP contribution in [0, 0.1) is 5.82 Å². The average Bonchev–Trinajstić information content (AvgIpc) is 3.14. The first-order chi connectivity index (χ1) is 14.6. The summed E-state index contributed by atoms with van der Waals surface area (Å²) in [5.74, 6) is -0.482. The van der Waals surface area contributed by atoms with Crippen LogP contribution in [0.25, 0.3) is 0 Å². The minimum Gasteiger partial charge on any atom is -0.360 e. The number of alkyl halides is 1. The maximum Gasteiger partial charge on any atom is 0.285 e. The lowest BCUT2D eigenvalue weighted by atomic mass is 9.91. The number of nitrogens with one attached hydrogen (secondary N) is 1. The van der Waals surface area contributed by atoms with E-state index in [1.807, 2.05) is 18.7 Å². The van der Waals surface area contributed by atoms with Crippen molar-refractivity contribution in [2.75, 3.05) is 11.4 Å². The van der Waals surface area contributed by atoms with Crippen molar-refractivity contribution in [3.63, 3.8) is 0 Å². The molecule has 0 saturated heterocycles. The minimum absolute atomic E-state index is 0.0761. The summed E-state index contributed by atoms with van der Waals surface area (Å²) in [5, 5.41) is 15.0. The Kier molecular flexibility index (Phi) is 5.33. The maximum atomic E-state index is 14.8. The van der Waals surface area contributed by atoms with Gasteiger partial charge in [-0.3, -0.25) is 4.79 Å². The van der Waals surface area contributed by atoms with E-state index in [-0.39, 0.29) is 22.7 Å². The molecule has 0 unspecified atom stereocenters. The minimum atomic E-state index is -1.71. The number of aromatic amines is 1. The number of halogens is 3. The van der Waals surface area contributed by atoms with Crippen molar-refractivity contribution in [3.05, 3.63) is 68.1 Å². The molecule has 4 rings (SSSR count). The average molecular weight is 449 g/mol. The highest BCUT2D eigenvalue weighted by atomic mass is 35.5. The fourth-order valence-corrected chi connectivity index (χ4v) is 4.41.